The van der Waals surface area contributed by atoms with Gasteiger partial charge < -0.3 is 10.4 Å². The fourth-order valence-corrected chi connectivity index (χ4v) is 3.12. The summed E-state index contributed by atoms with van der Waals surface area (Å²) in [6.45, 7) is 2.03. The average Bonchev–Trinajstić information content (AvgIpc) is 3.14. The fraction of sp³-hybridized carbons (Fsp3) is 0.0952. The number of anilines is 1. The highest BCUT2D eigenvalue weighted by Gasteiger charge is 2.16. The minimum absolute atomic E-state index is 0.0117. The van der Waals surface area contributed by atoms with Gasteiger partial charge in [-0.3, -0.25) is 0 Å². The van der Waals surface area contributed by atoms with Gasteiger partial charge in [0.1, 0.15) is 5.82 Å². The van der Waals surface area contributed by atoms with Gasteiger partial charge in [0, 0.05) is 28.8 Å². The molecule has 0 aliphatic heterocycles. The van der Waals surface area contributed by atoms with Crippen LogP contribution in [0.15, 0.2) is 66.7 Å². The maximum atomic E-state index is 11.4. The first-order valence-electron chi connectivity index (χ1n) is 8.73. The van der Waals surface area contributed by atoms with Gasteiger partial charge in [-0.25, -0.2) is 9.78 Å². The average molecular weight is 393 g/mol. The molecule has 0 amide bonds. The number of carboxylic acids is 1. The Morgan fingerprint density at radius 3 is 2.50 bits per heavy atom. The summed E-state index contributed by atoms with van der Waals surface area (Å²) in [5.41, 5.74) is 3.07. The van der Waals surface area contributed by atoms with E-state index in [0.717, 1.165) is 11.1 Å². The molecule has 6 nitrogen and oxygen atoms in total. The molecule has 2 aromatic heterocycles. The molecule has 0 saturated carbocycles. The Balaban J connectivity index is 1.82. The molecular formula is C21H17ClN4O2. The molecule has 1 unspecified atom stereocenters. The van der Waals surface area contributed by atoms with E-state index >= 15 is 0 Å². The van der Waals surface area contributed by atoms with Crippen LogP contribution in [0.25, 0.3) is 16.9 Å². The Hall–Kier alpha value is -3.38. The summed E-state index contributed by atoms with van der Waals surface area (Å²) < 4.78 is 1.52. The number of aromatic nitrogens is 3. The third kappa shape index (κ3) is 3.54. The molecule has 7 heteroatoms. The van der Waals surface area contributed by atoms with E-state index in [9.17, 15) is 9.90 Å². The highest BCUT2D eigenvalue weighted by atomic mass is 35.5. The van der Waals surface area contributed by atoms with Crippen LogP contribution in [-0.4, -0.2) is 25.7 Å². The number of nitrogens with one attached hydrogen (secondary N) is 1. The topological polar surface area (TPSA) is 79.5 Å². The maximum Gasteiger partial charge on any atom is 0.356 e. The first-order valence-corrected chi connectivity index (χ1v) is 9.10. The van der Waals surface area contributed by atoms with Crippen molar-refractivity contribution >= 4 is 29.0 Å². The Morgan fingerprint density at radius 1 is 1.11 bits per heavy atom. The number of fused-ring (bicyclic) bond motifs is 1. The minimum Gasteiger partial charge on any atom is -0.476 e. The second kappa shape index (κ2) is 7.32. The summed E-state index contributed by atoms with van der Waals surface area (Å²) in [5, 5.41) is 17.5. The largest absolute Gasteiger partial charge is 0.476 e. The smallest absolute Gasteiger partial charge is 0.356 e. The quantitative estimate of drug-likeness (QED) is 0.504. The van der Waals surface area contributed by atoms with Crippen molar-refractivity contribution in [3.63, 3.8) is 0 Å². The molecule has 1 atom stereocenters. The monoisotopic (exact) mass is 392 g/mol. The molecule has 4 rings (SSSR count). The van der Waals surface area contributed by atoms with Gasteiger partial charge >= 0.3 is 5.97 Å². The van der Waals surface area contributed by atoms with E-state index < -0.39 is 5.97 Å². The maximum absolute atomic E-state index is 11.4. The summed E-state index contributed by atoms with van der Waals surface area (Å²) in [6, 6.07) is 20.6. The van der Waals surface area contributed by atoms with Gasteiger partial charge in [0.2, 0.25) is 0 Å². The Morgan fingerprint density at radius 2 is 1.82 bits per heavy atom. The number of hydrogen-bond acceptors (Lipinski definition) is 4. The summed E-state index contributed by atoms with van der Waals surface area (Å²) in [4.78, 5) is 16.0. The van der Waals surface area contributed by atoms with E-state index in [4.69, 9.17) is 11.6 Å². The molecule has 0 saturated heterocycles. The molecule has 2 heterocycles. The standard InChI is InChI=1S/C21H17ClN4O2/c1-13(14-5-3-2-4-6-14)23-19-11-17(15-7-9-16(22)10-8-15)24-20-12-18(21(27)28)25-26(19)20/h2-13,23H,1H3,(H,27,28). The lowest BCUT2D eigenvalue weighted by Gasteiger charge is -2.17. The van der Waals surface area contributed by atoms with Gasteiger partial charge in [-0.05, 0) is 24.6 Å². The number of nitrogens with zero attached hydrogens (tertiary/aromatic N) is 3. The first-order chi connectivity index (χ1) is 13.5. The van der Waals surface area contributed by atoms with E-state index in [1.807, 2.05) is 55.5 Å². The normalized spacial score (nSPS) is 12.1. The Kier molecular flexibility index (Phi) is 4.71. The van der Waals surface area contributed by atoms with E-state index in [0.29, 0.717) is 22.2 Å². The van der Waals surface area contributed by atoms with Gasteiger partial charge in [0.15, 0.2) is 11.3 Å². The first kappa shape index (κ1) is 18.0. The van der Waals surface area contributed by atoms with Crippen molar-refractivity contribution in [3.8, 4) is 11.3 Å². The molecule has 0 spiro atoms. The highest BCUT2D eigenvalue weighted by Crippen LogP contribution is 2.26. The fourth-order valence-electron chi connectivity index (χ4n) is 3.00. The van der Waals surface area contributed by atoms with Gasteiger partial charge in [0.05, 0.1) is 5.69 Å². The summed E-state index contributed by atoms with van der Waals surface area (Å²) in [7, 11) is 0. The van der Waals surface area contributed by atoms with E-state index in [1.54, 1.807) is 12.1 Å². The van der Waals surface area contributed by atoms with Crippen LogP contribution in [0.1, 0.15) is 29.0 Å². The molecule has 4 aromatic rings. The van der Waals surface area contributed by atoms with Crippen LogP contribution < -0.4 is 5.32 Å². The van der Waals surface area contributed by atoms with Gasteiger partial charge in [-0.1, -0.05) is 54.1 Å². The third-order valence-corrected chi connectivity index (χ3v) is 4.70. The molecule has 0 bridgehead atoms. The van der Waals surface area contributed by atoms with Crippen molar-refractivity contribution in [2.75, 3.05) is 5.32 Å². The minimum atomic E-state index is -1.10. The van der Waals surface area contributed by atoms with Crippen LogP contribution in [0.3, 0.4) is 0 Å². The van der Waals surface area contributed by atoms with Crippen molar-refractivity contribution in [3.05, 3.63) is 83.0 Å². The molecule has 0 fully saturated rings. The molecule has 140 valence electrons. The van der Waals surface area contributed by atoms with Crippen molar-refractivity contribution in [1.82, 2.24) is 14.6 Å². The van der Waals surface area contributed by atoms with Crippen LogP contribution in [0.2, 0.25) is 5.02 Å². The van der Waals surface area contributed by atoms with Gasteiger partial charge in [0.25, 0.3) is 0 Å². The lowest BCUT2D eigenvalue weighted by molar-refractivity contribution is 0.0690. The Bertz CT molecular complexity index is 1140. The number of halogens is 1. The molecule has 28 heavy (non-hydrogen) atoms. The predicted octanol–water partition coefficient (Wildman–Crippen LogP) is 4.92. The molecule has 0 aliphatic carbocycles. The number of benzene rings is 2. The number of carboxylic acid groups (broad SMARTS) is 1. The third-order valence-electron chi connectivity index (χ3n) is 4.45. The molecule has 2 aromatic carbocycles. The van der Waals surface area contributed by atoms with Gasteiger partial charge in [-0.2, -0.15) is 9.61 Å². The van der Waals surface area contributed by atoms with Crippen molar-refractivity contribution in [2.24, 2.45) is 0 Å². The van der Waals surface area contributed by atoms with Crippen LogP contribution >= 0.6 is 11.6 Å². The molecule has 2 N–H and O–H groups in total. The van der Waals surface area contributed by atoms with Crippen molar-refractivity contribution in [2.45, 2.75) is 13.0 Å². The van der Waals surface area contributed by atoms with E-state index in [2.05, 4.69) is 15.4 Å². The zero-order chi connectivity index (χ0) is 19.7. The number of carbonyl (C=O) groups is 1. The van der Waals surface area contributed by atoms with Gasteiger partial charge in [-0.15, -0.1) is 0 Å². The summed E-state index contributed by atoms with van der Waals surface area (Å²) in [6.07, 6.45) is 0. The predicted molar refractivity (Wildman–Crippen MR) is 109 cm³/mol. The molecule has 0 radical (unpaired) electrons. The van der Waals surface area contributed by atoms with Crippen LogP contribution in [0.4, 0.5) is 5.82 Å². The number of hydrogen-bond donors (Lipinski definition) is 2. The lowest BCUT2D eigenvalue weighted by Crippen LogP contribution is -2.11. The van der Waals surface area contributed by atoms with Crippen molar-refractivity contribution < 1.29 is 9.90 Å². The van der Waals surface area contributed by atoms with E-state index in [-0.39, 0.29) is 11.7 Å². The Labute approximate surface area is 166 Å². The number of aromatic carboxylic acids is 1. The van der Waals surface area contributed by atoms with Crippen LogP contribution in [-0.2, 0) is 0 Å². The SMILES string of the molecule is CC(Nc1cc(-c2ccc(Cl)cc2)nc2cc(C(=O)O)nn12)c1ccccc1. The molecular weight excluding hydrogens is 376 g/mol. The molecule has 0 aliphatic rings. The lowest BCUT2D eigenvalue weighted by atomic mass is 10.1. The highest BCUT2D eigenvalue weighted by molar-refractivity contribution is 6.30. The van der Waals surface area contributed by atoms with E-state index in [1.165, 1.54) is 10.6 Å². The zero-order valence-electron chi connectivity index (χ0n) is 15.0. The second-order valence-corrected chi connectivity index (χ2v) is 6.85. The second-order valence-electron chi connectivity index (χ2n) is 6.41. The summed E-state index contributed by atoms with van der Waals surface area (Å²) >= 11 is 5.99. The van der Waals surface area contributed by atoms with Crippen LogP contribution in [0.5, 0.6) is 0 Å². The zero-order valence-corrected chi connectivity index (χ0v) is 15.8. The van der Waals surface area contributed by atoms with Crippen LogP contribution in [0, 0.1) is 0 Å². The number of rotatable bonds is 5. The van der Waals surface area contributed by atoms with Crippen molar-refractivity contribution in [1.29, 1.82) is 0 Å². The summed E-state index contributed by atoms with van der Waals surface area (Å²) in [5.74, 6) is -0.445.